The minimum atomic E-state index is -0.176. The molecule has 0 saturated heterocycles. The van der Waals surface area contributed by atoms with Crippen LogP contribution in [0.1, 0.15) is 38.3 Å². The van der Waals surface area contributed by atoms with Crippen molar-refractivity contribution in [3.05, 3.63) is 29.3 Å². The maximum absolute atomic E-state index is 9.64. The zero-order valence-electron chi connectivity index (χ0n) is 11.4. The molecule has 3 heteroatoms. The summed E-state index contributed by atoms with van der Waals surface area (Å²) >= 11 is 0. The van der Waals surface area contributed by atoms with Gasteiger partial charge in [0.1, 0.15) is 5.75 Å². The van der Waals surface area contributed by atoms with E-state index in [2.05, 4.69) is 20.8 Å². The van der Waals surface area contributed by atoms with E-state index in [0.29, 0.717) is 5.75 Å². The molecule has 2 rings (SSSR count). The van der Waals surface area contributed by atoms with Gasteiger partial charge in [-0.3, -0.25) is 0 Å². The Morgan fingerprint density at radius 2 is 2.17 bits per heavy atom. The molecule has 0 radical (unpaired) electrons. The summed E-state index contributed by atoms with van der Waals surface area (Å²) in [5.41, 5.74) is 8.56. The Kier molecular flexibility index (Phi) is 3.64. The van der Waals surface area contributed by atoms with Gasteiger partial charge in [0, 0.05) is 24.5 Å². The van der Waals surface area contributed by atoms with Gasteiger partial charge in [-0.1, -0.05) is 26.8 Å². The summed E-state index contributed by atoms with van der Waals surface area (Å²) < 4.78 is 5.88. The van der Waals surface area contributed by atoms with Gasteiger partial charge in [0.2, 0.25) is 0 Å². The molecule has 1 aromatic rings. The number of benzene rings is 1. The third-order valence-electron chi connectivity index (χ3n) is 3.98. The monoisotopic (exact) mass is 249 g/mol. The molecule has 18 heavy (non-hydrogen) atoms. The molecule has 2 atom stereocenters. The molecule has 0 aliphatic heterocycles. The SMILES string of the molecule is CCCO[C@@H]1Cc2ccc(O)cc2C(C)(C)[C@H]1N. The van der Waals surface area contributed by atoms with Crippen molar-refractivity contribution in [3.63, 3.8) is 0 Å². The maximum Gasteiger partial charge on any atom is 0.115 e. The first-order valence-corrected chi connectivity index (χ1v) is 6.66. The summed E-state index contributed by atoms with van der Waals surface area (Å²) in [4.78, 5) is 0. The molecule has 0 fully saturated rings. The highest BCUT2D eigenvalue weighted by atomic mass is 16.5. The van der Waals surface area contributed by atoms with Crippen LogP contribution in [0.5, 0.6) is 5.75 Å². The number of rotatable bonds is 3. The molecular formula is C15H23NO2. The summed E-state index contributed by atoms with van der Waals surface area (Å²) in [7, 11) is 0. The zero-order valence-corrected chi connectivity index (χ0v) is 11.4. The molecule has 0 unspecified atom stereocenters. The number of hydrogen-bond acceptors (Lipinski definition) is 3. The van der Waals surface area contributed by atoms with Gasteiger partial charge in [0.15, 0.2) is 0 Å². The van der Waals surface area contributed by atoms with Crippen LogP contribution in [0.3, 0.4) is 0 Å². The smallest absolute Gasteiger partial charge is 0.115 e. The van der Waals surface area contributed by atoms with Gasteiger partial charge < -0.3 is 15.6 Å². The lowest BCUT2D eigenvalue weighted by atomic mass is 9.68. The summed E-state index contributed by atoms with van der Waals surface area (Å²) in [6.07, 6.45) is 1.91. The molecule has 1 aromatic carbocycles. The van der Waals surface area contributed by atoms with Gasteiger partial charge in [-0.2, -0.15) is 0 Å². The fraction of sp³-hybridized carbons (Fsp3) is 0.600. The largest absolute Gasteiger partial charge is 0.508 e. The Balaban J connectivity index is 2.34. The first-order valence-electron chi connectivity index (χ1n) is 6.66. The first kappa shape index (κ1) is 13.4. The van der Waals surface area contributed by atoms with Gasteiger partial charge in [-0.05, 0) is 29.7 Å². The van der Waals surface area contributed by atoms with Crippen LogP contribution >= 0.6 is 0 Å². The van der Waals surface area contributed by atoms with Gasteiger partial charge in [-0.25, -0.2) is 0 Å². The second kappa shape index (κ2) is 4.90. The first-order chi connectivity index (χ1) is 8.46. The maximum atomic E-state index is 9.64. The molecule has 3 N–H and O–H groups in total. The Morgan fingerprint density at radius 3 is 2.83 bits per heavy atom. The lowest BCUT2D eigenvalue weighted by Crippen LogP contribution is -2.54. The van der Waals surface area contributed by atoms with E-state index in [1.807, 2.05) is 12.1 Å². The Bertz CT molecular complexity index is 429. The average Bonchev–Trinajstić information content (AvgIpc) is 2.33. The number of ether oxygens (including phenoxy) is 1. The second-order valence-corrected chi connectivity index (χ2v) is 5.70. The van der Waals surface area contributed by atoms with Crippen molar-refractivity contribution in [2.24, 2.45) is 5.73 Å². The standard InChI is InChI=1S/C15H23NO2/c1-4-7-18-13-8-10-5-6-11(17)9-12(10)15(2,3)14(13)16/h5-6,9,13-14,17H,4,7-8,16H2,1-3H3/t13-,14+/m1/s1. The third-order valence-corrected chi connectivity index (χ3v) is 3.98. The number of hydrogen-bond donors (Lipinski definition) is 2. The lowest BCUT2D eigenvalue weighted by molar-refractivity contribution is 0.0131. The molecule has 0 aromatic heterocycles. The summed E-state index contributed by atoms with van der Waals surface area (Å²) in [6, 6.07) is 5.52. The summed E-state index contributed by atoms with van der Waals surface area (Å²) in [5.74, 6) is 0.307. The number of phenolic OH excluding ortho intramolecular Hbond substituents is 1. The van der Waals surface area contributed by atoms with E-state index in [0.717, 1.165) is 25.0 Å². The third kappa shape index (κ3) is 2.25. The highest BCUT2D eigenvalue weighted by molar-refractivity contribution is 5.43. The number of aromatic hydroxyl groups is 1. The molecule has 0 saturated carbocycles. The normalized spacial score (nSPS) is 25.8. The Hall–Kier alpha value is -1.06. The Labute approximate surface area is 109 Å². The van der Waals surface area contributed by atoms with Gasteiger partial charge >= 0.3 is 0 Å². The molecule has 1 aliphatic carbocycles. The minimum Gasteiger partial charge on any atom is -0.508 e. The van der Waals surface area contributed by atoms with E-state index in [-0.39, 0.29) is 17.6 Å². The van der Waals surface area contributed by atoms with E-state index in [1.54, 1.807) is 6.07 Å². The number of nitrogens with two attached hydrogens (primary N) is 1. The van der Waals surface area contributed by atoms with Crippen LogP contribution in [0.2, 0.25) is 0 Å². The molecule has 0 spiro atoms. The molecule has 3 nitrogen and oxygen atoms in total. The van der Waals surface area contributed by atoms with Crippen LogP contribution in [0.15, 0.2) is 18.2 Å². The highest BCUT2D eigenvalue weighted by Gasteiger charge is 2.40. The van der Waals surface area contributed by atoms with E-state index >= 15 is 0 Å². The van der Waals surface area contributed by atoms with Crippen molar-refractivity contribution >= 4 is 0 Å². The lowest BCUT2D eigenvalue weighted by Gasteiger charge is -2.43. The van der Waals surface area contributed by atoms with Crippen molar-refractivity contribution in [2.45, 2.75) is 51.2 Å². The Morgan fingerprint density at radius 1 is 1.44 bits per heavy atom. The fourth-order valence-corrected chi connectivity index (χ4v) is 2.76. The minimum absolute atomic E-state index is 0.0432. The summed E-state index contributed by atoms with van der Waals surface area (Å²) in [6.45, 7) is 7.10. The number of phenols is 1. The van der Waals surface area contributed by atoms with Crippen LogP contribution in [0.4, 0.5) is 0 Å². The van der Waals surface area contributed by atoms with Crippen molar-refractivity contribution in [2.75, 3.05) is 6.61 Å². The van der Waals surface area contributed by atoms with Crippen LogP contribution in [-0.4, -0.2) is 23.9 Å². The van der Waals surface area contributed by atoms with Crippen molar-refractivity contribution in [3.8, 4) is 5.75 Å². The van der Waals surface area contributed by atoms with Gasteiger partial charge in [-0.15, -0.1) is 0 Å². The number of fused-ring (bicyclic) bond motifs is 1. The van der Waals surface area contributed by atoms with E-state index in [4.69, 9.17) is 10.5 Å². The predicted molar refractivity (Wildman–Crippen MR) is 72.8 cm³/mol. The molecule has 0 amide bonds. The average molecular weight is 249 g/mol. The van der Waals surface area contributed by atoms with Crippen LogP contribution in [-0.2, 0) is 16.6 Å². The van der Waals surface area contributed by atoms with E-state index < -0.39 is 0 Å². The predicted octanol–water partition coefficient (Wildman–Crippen LogP) is 2.35. The second-order valence-electron chi connectivity index (χ2n) is 5.70. The van der Waals surface area contributed by atoms with Gasteiger partial charge in [0.05, 0.1) is 6.10 Å². The molecule has 0 bridgehead atoms. The molecule has 1 aliphatic rings. The van der Waals surface area contributed by atoms with E-state index in [1.165, 1.54) is 5.56 Å². The molecular weight excluding hydrogens is 226 g/mol. The van der Waals surface area contributed by atoms with Crippen LogP contribution < -0.4 is 5.73 Å². The molecule has 0 heterocycles. The fourth-order valence-electron chi connectivity index (χ4n) is 2.76. The highest BCUT2D eigenvalue weighted by Crippen LogP contribution is 2.38. The topological polar surface area (TPSA) is 55.5 Å². The summed E-state index contributed by atoms with van der Waals surface area (Å²) in [5, 5.41) is 9.64. The van der Waals surface area contributed by atoms with Crippen molar-refractivity contribution < 1.29 is 9.84 Å². The van der Waals surface area contributed by atoms with Gasteiger partial charge in [0.25, 0.3) is 0 Å². The van der Waals surface area contributed by atoms with Crippen molar-refractivity contribution in [1.82, 2.24) is 0 Å². The van der Waals surface area contributed by atoms with Crippen LogP contribution in [0.25, 0.3) is 0 Å². The quantitative estimate of drug-likeness (QED) is 0.864. The van der Waals surface area contributed by atoms with Crippen molar-refractivity contribution in [1.29, 1.82) is 0 Å². The molecule has 100 valence electrons. The van der Waals surface area contributed by atoms with E-state index in [9.17, 15) is 5.11 Å². The van der Waals surface area contributed by atoms with Crippen LogP contribution in [0, 0.1) is 0 Å². The zero-order chi connectivity index (χ0) is 13.3.